The average molecular weight is 429 g/mol. The van der Waals surface area contributed by atoms with Gasteiger partial charge in [-0.2, -0.15) is 0 Å². The number of anilines is 1. The first-order valence-corrected chi connectivity index (χ1v) is 8.88. The molecule has 2 amide bonds. The Bertz CT molecular complexity index is 680. The Labute approximate surface area is 174 Å². The van der Waals surface area contributed by atoms with E-state index in [0.29, 0.717) is 25.1 Å². The summed E-state index contributed by atoms with van der Waals surface area (Å²) in [7, 11) is 0. The van der Waals surface area contributed by atoms with Crippen LogP contribution < -0.4 is 28.3 Å². The standard InChI is InChI=1S/C7H7NO2.C6H13N3O3.C5H11NO2/c8-6-3-1-5(2-4-6)7(9)10;7-4(5(10)11)2-1-3-9-6(8)12;1-3(2)4(6)5(7)8/h1-4H,8H2,(H,9,10);4H,1-3,7H2,(H,10,11)(H3,8,9,12);3-4H,6H2,1-2H3,(H,7,8). The van der Waals surface area contributed by atoms with Crippen molar-refractivity contribution in [3.8, 4) is 0 Å². The molecule has 30 heavy (non-hydrogen) atoms. The fourth-order valence-electron chi connectivity index (χ4n) is 1.57. The van der Waals surface area contributed by atoms with Crippen LogP contribution in [0, 0.1) is 5.92 Å². The van der Waals surface area contributed by atoms with Crippen LogP contribution >= 0.6 is 0 Å². The number of hydrogen-bond donors (Lipinski definition) is 8. The molecule has 0 aliphatic heterocycles. The zero-order valence-corrected chi connectivity index (χ0v) is 16.9. The van der Waals surface area contributed by atoms with Crippen LogP contribution in [0.25, 0.3) is 0 Å². The quantitative estimate of drug-likeness (QED) is 0.201. The van der Waals surface area contributed by atoms with Gasteiger partial charge in [0.15, 0.2) is 0 Å². The Balaban J connectivity index is 0. The number of aliphatic carboxylic acids is 2. The molecular weight excluding hydrogens is 398 g/mol. The van der Waals surface area contributed by atoms with Gasteiger partial charge in [0.1, 0.15) is 12.1 Å². The van der Waals surface area contributed by atoms with E-state index in [2.05, 4.69) is 5.32 Å². The maximum atomic E-state index is 10.3. The third-order valence-electron chi connectivity index (χ3n) is 3.47. The Kier molecular flexibility index (Phi) is 14.9. The molecule has 0 aliphatic rings. The number of primary amides is 1. The lowest BCUT2D eigenvalue weighted by atomic mass is 10.1. The van der Waals surface area contributed by atoms with E-state index in [9.17, 15) is 19.2 Å². The third kappa shape index (κ3) is 15.7. The first-order chi connectivity index (χ1) is 13.8. The highest BCUT2D eigenvalue weighted by atomic mass is 16.4. The second kappa shape index (κ2) is 15.5. The van der Waals surface area contributed by atoms with Gasteiger partial charge in [0.05, 0.1) is 5.56 Å². The maximum absolute atomic E-state index is 10.3. The van der Waals surface area contributed by atoms with Gasteiger partial charge in [-0.3, -0.25) is 9.59 Å². The summed E-state index contributed by atoms with van der Waals surface area (Å²) in [6.45, 7) is 3.91. The molecule has 1 rings (SSSR count). The largest absolute Gasteiger partial charge is 0.480 e. The van der Waals surface area contributed by atoms with E-state index in [1.54, 1.807) is 26.0 Å². The molecule has 0 saturated heterocycles. The fraction of sp³-hybridized carbons (Fsp3) is 0.444. The lowest BCUT2D eigenvalue weighted by molar-refractivity contribution is -0.140. The van der Waals surface area contributed by atoms with Crippen LogP contribution in [0.4, 0.5) is 10.5 Å². The van der Waals surface area contributed by atoms with E-state index >= 15 is 0 Å². The number of aromatic carboxylic acids is 1. The Morgan fingerprint density at radius 2 is 1.47 bits per heavy atom. The first-order valence-electron chi connectivity index (χ1n) is 8.88. The Hall–Kier alpha value is -3.38. The van der Waals surface area contributed by atoms with E-state index in [4.69, 9.17) is 38.3 Å². The van der Waals surface area contributed by atoms with E-state index in [-0.39, 0.29) is 11.5 Å². The maximum Gasteiger partial charge on any atom is 0.335 e. The molecule has 0 bridgehead atoms. The van der Waals surface area contributed by atoms with E-state index in [1.807, 2.05) is 0 Å². The Morgan fingerprint density at radius 1 is 0.967 bits per heavy atom. The molecule has 0 spiro atoms. The average Bonchev–Trinajstić information content (AvgIpc) is 2.65. The summed E-state index contributed by atoms with van der Waals surface area (Å²) < 4.78 is 0. The van der Waals surface area contributed by atoms with Gasteiger partial charge in [-0.15, -0.1) is 0 Å². The molecule has 0 aliphatic carbocycles. The van der Waals surface area contributed by atoms with Crippen molar-refractivity contribution in [3.05, 3.63) is 29.8 Å². The van der Waals surface area contributed by atoms with Crippen molar-refractivity contribution in [2.45, 2.75) is 38.8 Å². The number of carbonyl (C=O) groups is 4. The minimum atomic E-state index is -1.03. The Morgan fingerprint density at radius 3 is 1.77 bits per heavy atom. The molecule has 170 valence electrons. The summed E-state index contributed by atoms with van der Waals surface area (Å²) in [6, 6.07) is 3.87. The smallest absolute Gasteiger partial charge is 0.335 e. The highest BCUT2D eigenvalue weighted by molar-refractivity contribution is 5.87. The van der Waals surface area contributed by atoms with Crippen molar-refractivity contribution >= 4 is 29.6 Å². The monoisotopic (exact) mass is 429 g/mol. The zero-order valence-electron chi connectivity index (χ0n) is 16.9. The molecule has 0 fully saturated rings. The van der Waals surface area contributed by atoms with Crippen LogP contribution in [0.5, 0.6) is 0 Å². The van der Waals surface area contributed by atoms with Crippen LogP contribution in [0.3, 0.4) is 0 Å². The zero-order chi connectivity index (χ0) is 23.9. The van der Waals surface area contributed by atoms with Crippen molar-refractivity contribution in [2.75, 3.05) is 12.3 Å². The molecule has 1 aromatic carbocycles. The number of rotatable bonds is 8. The van der Waals surface area contributed by atoms with Crippen molar-refractivity contribution in [3.63, 3.8) is 0 Å². The van der Waals surface area contributed by atoms with Crippen molar-refractivity contribution in [2.24, 2.45) is 23.1 Å². The van der Waals surface area contributed by atoms with Crippen molar-refractivity contribution in [1.82, 2.24) is 5.32 Å². The van der Waals surface area contributed by atoms with Gasteiger partial charge in [-0.1, -0.05) is 13.8 Å². The molecule has 12 N–H and O–H groups in total. The van der Waals surface area contributed by atoms with Crippen LogP contribution in [-0.2, 0) is 9.59 Å². The number of amides is 2. The molecule has 0 saturated carbocycles. The van der Waals surface area contributed by atoms with Crippen molar-refractivity contribution in [1.29, 1.82) is 0 Å². The number of hydrogen-bond acceptors (Lipinski definition) is 7. The highest BCUT2D eigenvalue weighted by Crippen LogP contribution is 2.04. The van der Waals surface area contributed by atoms with E-state index in [0.717, 1.165) is 0 Å². The summed E-state index contributed by atoms with van der Waals surface area (Å²) in [4.78, 5) is 40.6. The summed E-state index contributed by atoms with van der Waals surface area (Å²) in [6.07, 6.45) is 0.839. The number of carbonyl (C=O) groups excluding carboxylic acids is 1. The molecule has 0 radical (unpaired) electrons. The van der Waals surface area contributed by atoms with Crippen LogP contribution in [0.1, 0.15) is 37.0 Å². The minimum absolute atomic E-state index is 0.0208. The SMILES string of the molecule is CC(C)C(N)C(=O)O.NC(=O)NCCCC(N)C(=O)O.Nc1ccc(C(=O)O)cc1. The molecule has 1 aromatic rings. The lowest BCUT2D eigenvalue weighted by Crippen LogP contribution is -2.34. The second-order valence-corrected chi connectivity index (χ2v) is 6.41. The number of nitrogen functional groups attached to an aromatic ring is 1. The number of benzene rings is 1. The van der Waals surface area contributed by atoms with Gasteiger partial charge in [0.25, 0.3) is 0 Å². The first kappa shape index (κ1) is 28.8. The van der Waals surface area contributed by atoms with Crippen LogP contribution in [0.2, 0.25) is 0 Å². The van der Waals surface area contributed by atoms with Gasteiger partial charge in [0.2, 0.25) is 0 Å². The second-order valence-electron chi connectivity index (χ2n) is 6.41. The summed E-state index contributed by atoms with van der Waals surface area (Å²) >= 11 is 0. The van der Waals surface area contributed by atoms with E-state index in [1.165, 1.54) is 12.1 Å². The van der Waals surface area contributed by atoms with Crippen LogP contribution in [-0.4, -0.2) is 57.9 Å². The summed E-state index contributed by atoms with van der Waals surface area (Å²) in [5.41, 5.74) is 21.3. The third-order valence-corrected chi connectivity index (χ3v) is 3.47. The predicted octanol–water partition coefficient (Wildman–Crippen LogP) is -0.132. The summed E-state index contributed by atoms with van der Waals surface area (Å²) in [5, 5.41) is 27.3. The highest BCUT2D eigenvalue weighted by Gasteiger charge is 2.14. The number of nitrogens with one attached hydrogen (secondary N) is 1. The molecule has 2 atom stereocenters. The lowest BCUT2D eigenvalue weighted by Gasteiger charge is -2.07. The fourth-order valence-corrected chi connectivity index (χ4v) is 1.57. The van der Waals surface area contributed by atoms with E-state index < -0.39 is 36.0 Å². The number of nitrogens with two attached hydrogens (primary N) is 4. The summed E-state index contributed by atoms with van der Waals surface area (Å²) in [5.74, 6) is -2.87. The molecule has 2 unspecified atom stereocenters. The number of carboxylic acids is 3. The molecule has 12 nitrogen and oxygen atoms in total. The molecule has 0 heterocycles. The normalized spacial score (nSPS) is 11.6. The van der Waals surface area contributed by atoms with Gasteiger partial charge >= 0.3 is 23.9 Å². The molecular formula is C18H31N5O7. The van der Waals surface area contributed by atoms with Gasteiger partial charge in [-0.25, -0.2) is 9.59 Å². The van der Waals surface area contributed by atoms with Crippen molar-refractivity contribution < 1.29 is 34.5 Å². The topological polar surface area (TPSA) is 245 Å². The van der Waals surface area contributed by atoms with Gasteiger partial charge < -0.3 is 43.6 Å². The predicted molar refractivity (Wildman–Crippen MR) is 111 cm³/mol. The molecule has 12 heteroatoms. The van der Waals surface area contributed by atoms with Gasteiger partial charge in [0, 0.05) is 12.2 Å². The van der Waals surface area contributed by atoms with Crippen LogP contribution in [0.15, 0.2) is 24.3 Å². The number of carboxylic acid groups (broad SMARTS) is 3. The number of urea groups is 1. The minimum Gasteiger partial charge on any atom is -0.480 e. The molecule has 0 aromatic heterocycles. The van der Waals surface area contributed by atoms with Gasteiger partial charge in [-0.05, 0) is 43.0 Å².